The summed E-state index contributed by atoms with van der Waals surface area (Å²) in [6, 6.07) is -0.922. The van der Waals surface area contributed by atoms with Crippen molar-refractivity contribution in [3.8, 4) is 0 Å². The number of nitrogens with one attached hydrogen (secondary N) is 1. The molecule has 0 unspecified atom stereocenters. The number of ether oxygens (including phenoxy) is 2. The molecular weight excluding hydrogens is 522 g/mol. The molecule has 1 saturated heterocycles. The fraction of sp³-hybridized carbons (Fsp3) is 0.478. The Morgan fingerprint density at radius 3 is 2.65 bits per heavy atom. The average Bonchev–Trinajstić information content (AvgIpc) is 3.28. The highest BCUT2D eigenvalue weighted by Crippen LogP contribution is 2.41. The number of oxime groups is 1. The van der Waals surface area contributed by atoms with Crippen LogP contribution >= 0.6 is 23.1 Å². The molecule has 3 N–H and O–H groups in total. The van der Waals surface area contributed by atoms with E-state index in [2.05, 4.69) is 15.5 Å². The number of fused-ring (bicyclic) bond motifs is 1. The Kier molecular flexibility index (Phi) is 8.97. The van der Waals surface area contributed by atoms with E-state index in [1.54, 1.807) is 32.2 Å². The van der Waals surface area contributed by atoms with Crippen LogP contribution in [0.15, 0.2) is 34.0 Å². The Morgan fingerprint density at radius 2 is 2.05 bits per heavy atom. The molecule has 1 aromatic rings. The van der Waals surface area contributed by atoms with Crippen LogP contribution in [-0.4, -0.2) is 70.4 Å². The van der Waals surface area contributed by atoms with Gasteiger partial charge in [-0.05, 0) is 32.8 Å². The van der Waals surface area contributed by atoms with Crippen molar-refractivity contribution in [2.45, 2.75) is 45.5 Å². The van der Waals surface area contributed by atoms with Crippen LogP contribution in [0.5, 0.6) is 0 Å². The van der Waals surface area contributed by atoms with Gasteiger partial charge in [0.25, 0.3) is 11.8 Å². The Morgan fingerprint density at radius 1 is 1.32 bits per heavy atom. The van der Waals surface area contributed by atoms with Crippen LogP contribution in [0.25, 0.3) is 0 Å². The largest absolute Gasteiger partial charge is 0.427 e. The number of thioether (sulfide) groups is 1. The van der Waals surface area contributed by atoms with Crippen molar-refractivity contribution in [2.24, 2.45) is 10.6 Å². The molecule has 0 saturated carbocycles. The maximum absolute atomic E-state index is 13.1. The third-order valence-electron chi connectivity index (χ3n) is 5.19. The minimum atomic E-state index is -0.922. The molecule has 200 valence electrons. The molecule has 14 heteroatoms. The molecule has 2 aliphatic rings. The predicted molar refractivity (Wildman–Crippen MR) is 138 cm³/mol. The molecule has 12 nitrogen and oxygen atoms in total. The number of allylic oxidation sites excluding steroid dienone is 2. The highest BCUT2D eigenvalue weighted by atomic mass is 32.2. The summed E-state index contributed by atoms with van der Waals surface area (Å²) in [5.41, 5.74) is 5.61. The fourth-order valence-corrected chi connectivity index (χ4v) is 5.21. The van der Waals surface area contributed by atoms with E-state index < -0.39 is 47.4 Å². The van der Waals surface area contributed by atoms with Gasteiger partial charge < -0.3 is 25.4 Å². The second kappa shape index (κ2) is 11.8. The molecule has 2 atom stereocenters. The van der Waals surface area contributed by atoms with Crippen LogP contribution in [0.2, 0.25) is 0 Å². The maximum Gasteiger partial charge on any atom is 0.358 e. The first-order valence-electron chi connectivity index (χ1n) is 11.3. The van der Waals surface area contributed by atoms with Gasteiger partial charge in [-0.1, -0.05) is 24.2 Å². The van der Waals surface area contributed by atoms with Gasteiger partial charge in [-0.25, -0.2) is 9.78 Å². The van der Waals surface area contributed by atoms with E-state index in [1.807, 2.05) is 13.0 Å². The number of hydrogen-bond acceptors (Lipinski definition) is 12. The lowest BCUT2D eigenvalue weighted by Gasteiger charge is -2.49. The third-order valence-corrected chi connectivity index (χ3v) is 7.16. The number of thiazole rings is 1. The number of nitrogen functional groups attached to an aromatic ring is 1. The molecule has 0 bridgehead atoms. The zero-order valence-electron chi connectivity index (χ0n) is 21.1. The monoisotopic (exact) mass is 551 g/mol. The summed E-state index contributed by atoms with van der Waals surface area (Å²) in [6.45, 7) is 6.38. The second-order valence-electron chi connectivity index (χ2n) is 8.97. The molecule has 0 spiro atoms. The van der Waals surface area contributed by atoms with E-state index >= 15 is 0 Å². The molecular formula is C23H29N5O7S2. The van der Waals surface area contributed by atoms with Crippen LogP contribution in [0.3, 0.4) is 0 Å². The number of nitrogens with two attached hydrogens (primary N) is 1. The highest BCUT2D eigenvalue weighted by molar-refractivity contribution is 8.00. The van der Waals surface area contributed by atoms with Gasteiger partial charge in [0.1, 0.15) is 29.9 Å². The van der Waals surface area contributed by atoms with Gasteiger partial charge in [-0.15, -0.1) is 23.1 Å². The summed E-state index contributed by atoms with van der Waals surface area (Å²) in [7, 11) is 1.28. The summed E-state index contributed by atoms with van der Waals surface area (Å²) < 4.78 is 10.2. The molecule has 1 fully saturated rings. The molecule has 0 radical (unpaired) electrons. The first kappa shape index (κ1) is 28.2. The lowest BCUT2D eigenvalue weighted by Crippen LogP contribution is -2.71. The number of β-lactam (4-membered cyclic amide) rings is 1. The minimum Gasteiger partial charge on any atom is -0.427 e. The van der Waals surface area contributed by atoms with Crippen molar-refractivity contribution < 1.29 is 33.5 Å². The first-order valence-corrected chi connectivity index (χ1v) is 13.2. The number of hydrogen-bond donors (Lipinski definition) is 2. The Hall–Kier alpha value is -3.39. The Balaban J connectivity index is 1.76. The predicted octanol–water partition coefficient (Wildman–Crippen LogP) is 1.79. The summed E-state index contributed by atoms with van der Waals surface area (Å²) in [4.78, 5) is 61.2. The summed E-state index contributed by atoms with van der Waals surface area (Å²) in [5, 5.41) is 7.62. The van der Waals surface area contributed by atoms with Crippen molar-refractivity contribution in [1.29, 1.82) is 0 Å². The number of esters is 2. The lowest BCUT2D eigenvalue weighted by molar-refractivity contribution is -0.173. The zero-order chi connectivity index (χ0) is 27.3. The van der Waals surface area contributed by atoms with E-state index in [9.17, 15) is 19.2 Å². The minimum absolute atomic E-state index is 0.0498. The van der Waals surface area contributed by atoms with Crippen LogP contribution in [-0.2, 0) is 33.5 Å². The van der Waals surface area contributed by atoms with Crippen LogP contribution in [0, 0.1) is 5.41 Å². The van der Waals surface area contributed by atoms with Gasteiger partial charge in [0.2, 0.25) is 6.79 Å². The van der Waals surface area contributed by atoms with Crippen LogP contribution in [0.1, 0.15) is 39.8 Å². The standard InChI is InChI=1S/C23H29N5O7S2/c1-6-7-8-12-9-36-19-15(26-17(29)14(27-33-5)13-10-37-22(24)25-13)18(30)28(19)16(12)20(31)34-11-35-21(32)23(2,3)4/h7-8,10,15,19H,6,9,11H2,1-5H3,(H2,24,25)(H,26,29)/b8-7+,27-14-/t15-,19-/m1/s1. The number of rotatable bonds is 9. The molecule has 0 aromatic carbocycles. The van der Waals surface area contributed by atoms with Crippen LogP contribution < -0.4 is 11.1 Å². The summed E-state index contributed by atoms with van der Waals surface area (Å²) in [6.07, 6.45) is 4.34. The van der Waals surface area contributed by atoms with E-state index in [-0.39, 0.29) is 22.2 Å². The summed E-state index contributed by atoms with van der Waals surface area (Å²) in [5.74, 6) is -2.12. The third kappa shape index (κ3) is 6.31. The number of amides is 2. The van der Waals surface area contributed by atoms with Crippen LogP contribution in [0.4, 0.5) is 5.13 Å². The van der Waals surface area contributed by atoms with Gasteiger partial charge in [-0.3, -0.25) is 19.3 Å². The first-order chi connectivity index (χ1) is 17.5. The van der Waals surface area contributed by atoms with Gasteiger partial charge in [0.05, 0.1) is 5.41 Å². The number of anilines is 1. The number of carbonyl (C=O) groups excluding carboxylic acids is 4. The highest BCUT2D eigenvalue weighted by Gasteiger charge is 2.54. The van der Waals surface area contributed by atoms with Gasteiger partial charge >= 0.3 is 11.9 Å². The van der Waals surface area contributed by atoms with Gasteiger partial charge in [0.15, 0.2) is 10.8 Å². The van der Waals surface area contributed by atoms with E-state index in [4.69, 9.17) is 20.0 Å². The maximum atomic E-state index is 13.1. The smallest absolute Gasteiger partial charge is 0.358 e. The molecule has 0 aliphatic carbocycles. The fourth-order valence-electron chi connectivity index (χ4n) is 3.34. The zero-order valence-corrected chi connectivity index (χ0v) is 22.7. The number of nitrogens with zero attached hydrogens (tertiary/aromatic N) is 3. The molecule has 37 heavy (non-hydrogen) atoms. The average molecular weight is 552 g/mol. The molecule has 2 aliphatic heterocycles. The SMILES string of the molecule is CC/C=C/C1=C(C(=O)OCOC(=O)C(C)(C)C)N2C(=O)[C@@H](NC(=O)/C(=N\OC)c3csc(N)n3)[C@H]2SC1. The van der Waals surface area contributed by atoms with Crippen molar-refractivity contribution in [1.82, 2.24) is 15.2 Å². The van der Waals surface area contributed by atoms with Gasteiger partial charge in [-0.2, -0.15) is 0 Å². The Bertz CT molecular complexity index is 1170. The van der Waals surface area contributed by atoms with E-state index in [1.165, 1.54) is 23.8 Å². The quantitative estimate of drug-likeness (QED) is 0.152. The molecule has 2 amide bonds. The summed E-state index contributed by atoms with van der Waals surface area (Å²) >= 11 is 2.52. The lowest BCUT2D eigenvalue weighted by atomic mass is 9.98. The molecule has 3 rings (SSSR count). The van der Waals surface area contributed by atoms with E-state index in [0.717, 1.165) is 17.8 Å². The van der Waals surface area contributed by atoms with Crippen molar-refractivity contribution >= 4 is 57.7 Å². The Labute approximate surface area is 222 Å². The van der Waals surface area contributed by atoms with E-state index in [0.29, 0.717) is 11.3 Å². The van der Waals surface area contributed by atoms with Crippen molar-refractivity contribution in [3.05, 3.63) is 34.5 Å². The normalized spacial score (nSPS) is 19.9. The van der Waals surface area contributed by atoms with Gasteiger partial charge in [0, 0.05) is 11.1 Å². The molecule has 1 aromatic heterocycles. The van der Waals surface area contributed by atoms with Crippen molar-refractivity contribution in [3.63, 3.8) is 0 Å². The molecule has 3 heterocycles. The topological polar surface area (TPSA) is 163 Å². The number of carbonyl (C=O) groups is 4. The van der Waals surface area contributed by atoms with Crippen molar-refractivity contribution in [2.75, 3.05) is 25.4 Å². The second-order valence-corrected chi connectivity index (χ2v) is 11.0. The number of aromatic nitrogens is 1.